The van der Waals surface area contributed by atoms with E-state index in [4.69, 9.17) is 4.74 Å². The van der Waals surface area contributed by atoms with E-state index in [0.717, 1.165) is 68.2 Å². The van der Waals surface area contributed by atoms with Gasteiger partial charge in [-0.15, -0.1) is 11.3 Å². The molecule has 0 aromatic carbocycles. The third kappa shape index (κ3) is 3.27. The lowest BCUT2D eigenvalue weighted by Crippen LogP contribution is -2.50. The van der Waals surface area contributed by atoms with E-state index in [2.05, 4.69) is 26.1 Å². The zero-order chi connectivity index (χ0) is 20.8. The van der Waals surface area contributed by atoms with Gasteiger partial charge in [-0.2, -0.15) is 5.10 Å². The number of piperidine rings is 1. The third-order valence-electron chi connectivity index (χ3n) is 6.83. The molecule has 0 N–H and O–H groups in total. The minimum absolute atomic E-state index is 0.00363. The van der Waals surface area contributed by atoms with Crippen molar-refractivity contribution in [2.75, 3.05) is 19.7 Å². The highest BCUT2D eigenvalue weighted by Gasteiger charge is 2.44. The van der Waals surface area contributed by atoms with Crippen LogP contribution in [0.5, 0.6) is 0 Å². The molecule has 31 heavy (non-hydrogen) atoms. The van der Waals surface area contributed by atoms with Crippen molar-refractivity contribution >= 4 is 17.2 Å². The minimum atomic E-state index is -0.277. The number of carbonyl (C=O) groups is 1. The molecular weight excluding hydrogens is 412 g/mol. The van der Waals surface area contributed by atoms with Crippen LogP contribution < -0.4 is 0 Å². The van der Waals surface area contributed by atoms with Gasteiger partial charge in [0.2, 0.25) is 5.91 Å². The van der Waals surface area contributed by atoms with Crippen LogP contribution in [0.1, 0.15) is 35.5 Å². The number of hydrogen-bond acceptors (Lipinski definition) is 7. The largest absolute Gasteiger partial charge is 0.369 e. The fourth-order valence-electron chi connectivity index (χ4n) is 5.13. The Morgan fingerprint density at radius 3 is 2.94 bits per heavy atom. The number of nitrogens with zero attached hydrogens (tertiary/aromatic N) is 6. The molecule has 0 bridgehead atoms. The van der Waals surface area contributed by atoms with Crippen molar-refractivity contribution in [3.8, 4) is 10.6 Å². The van der Waals surface area contributed by atoms with Gasteiger partial charge in [0.25, 0.3) is 0 Å². The van der Waals surface area contributed by atoms with E-state index >= 15 is 0 Å². The van der Waals surface area contributed by atoms with Gasteiger partial charge in [-0.25, -0.2) is 9.67 Å². The first kappa shape index (κ1) is 19.1. The first-order chi connectivity index (χ1) is 15.2. The fourth-order valence-corrected chi connectivity index (χ4v) is 6.50. The van der Waals surface area contributed by atoms with E-state index in [1.165, 1.54) is 10.4 Å². The number of carbonyl (C=O) groups excluding carboxylic acids is 1. The quantitative estimate of drug-likeness (QED) is 0.613. The number of likely N-dealkylation sites (tertiary alicyclic amines) is 1. The van der Waals surface area contributed by atoms with Crippen LogP contribution in [0.2, 0.25) is 0 Å². The number of thiophene rings is 1. The Kier molecular flexibility index (Phi) is 4.61. The fraction of sp³-hybridized carbons (Fsp3) is 0.500. The van der Waals surface area contributed by atoms with E-state index in [0.29, 0.717) is 6.54 Å². The van der Waals surface area contributed by atoms with Gasteiger partial charge in [0.15, 0.2) is 0 Å². The second-order valence-electron chi connectivity index (χ2n) is 8.57. The molecule has 1 amide bonds. The van der Waals surface area contributed by atoms with Gasteiger partial charge in [0.05, 0.1) is 35.8 Å². The zero-order valence-corrected chi connectivity index (χ0v) is 18.1. The number of rotatable bonds is 2. The van der Waals surface area contributed by atoms with Crippen molar-refractivity contribution in [2.24, 2.45) is 5.92 Å². The van der Waals surface area contributed by atoms with Crippen molar-refractivity contribution < 1.29 is 9.53 Å². The van der Waals surface area contributed by atoms with Crippen LogP contribution in [0.4, 0.5) is 0 Å². The third-order valence-corrected chi connectivity index (χ3v) is 8.21. The highest BCUT2D eigenvalue weighted by Crippen LogP contribution is 2.47. The highest BCUT2D eigenvalue weighted by atomic mass is 32.1. The summed E-state index contributed by atoms with van der Waals surface area (Å²) in [5.74, 6) is 1.23. The first-order valence-corrected chi connectivity index (χ1v) is 11.7. The monoisotopic (exact) mass is 436 g/mol. The summed E-state index contributed by atoms with van der Waals surface area (Å²) < 4.78 is 8.29. The molecule has 1 spiro atoms. The van der Waals surface area contributed by atoms with Gasteiger partial charge in [-0.3, -0.25) is 14.8 Å². The first-order valence-electron chi connectivity index (χ1n) is 10.9. The van der Waals surface area contributed by atoms with Crippen molar-refractivity contribution in [2.45, 2.75) is 44.2 Å². The molecule has 1 unspecified atom stereocenters. The molecule has 8 nitrogen and oxygen atoms in total. The normalized spacial score (nSPS) is 22.2. The molecule has 3 aliphatic heterocycles. The van der Waals surface area contributed by atoms with E-state index in [1.807, 2.05) is 15.8 Å². The Morgan fingerprint density at radius 2 is 2.10 bits per heavy atom. The predicted molar refractivity (Wildman–Crippen MR) is 114 cm³/mol. The molecule has 3 aromatic heterocycles. The molecule has 0 aliphatic carbocycles. The standard InChI is InChI=1S/C22H24N6O2S/c29-21(16-1-2-19-25-14-26-28(19)13-16)27-8-4-22(5-9-27)20-15(3-10-30-22)11-18(31-20)17-12-23-6-7-24-17/h6-7,11-12,14,16H,1-5,8-10,13H2. The maximum absolute atomic E-state index is 13.2. The van der Waals surface area contributed by atoms with Gasteiger partial charge in [-0.05, 0) is 37.3 Å². The molecule has 1 atom stereocenters. The molecule has 0 saturated carbocycles. The lowest BCUT2D eigenvalue weighted by Gasteiger charge is -2.44. The molecule has 1 fully saturated rings. The highest BCUT2D eigenvalue weighted by molar-refractivity contribution is 7.15. The van der Waals surface area contributed by atoms with Crippen molar-refractivity contribution in [1.82, 2.24) is 29.6 Å². The summed E-state index contributed by atoms with van der Waals surface area (Å²) in [6.07, 6.45) is 11.1. The van der Waals surface area contributed by atoms with Crippen LogP contribution >= 0.6 is 11.3 Å². The number of aromatic nitrogens is 5. The molecule has 6 heterocycles. The maximum atomic E-state index is 13.2. The second kappa shape index (κ2) is 7.49. The smallest absolute Gasteiger partial charge is 0.227 e. The van der Waals surface area contributed by atoms with Gasteiger partial charge in [-0.1, -0.05) is 0 Å². The predicted octanol–water partition coefficient (Wildman–Crippen LogP) is 2.45. The Labute approximate surface area is 184 Å². The van der Waals surface area contributed by atoms with Crippen LogP contribution in [0.15, 0.2) is 31.0 Å². The summed E-state index contributed by atoms with van der Waals surface area (Å²) in [6, 6.07) is 2.25. The van der Waals surface area contributed by atoms with E-state index in [-0.39, 0.29) is 17.4 Å². The van der Waals surface area contributed by atoms with E-state index in [9.17, 15) is 4.79 Å². The Balaban J connectivity index is 1.19. The van der Waals surface area contributed by atoms with Crippen molar-refractivity contribution in [3.05, 3.63) is 47.2 Å². The molecule has 1 saturated heterocycles. The molecule has 0 radical (unpaired) electrons. The lowest BCUT2D eigenvalue weighted by molar-refractivity contribution is -0.145. The SMILES string of the molecule is O=C(C1CCc2ncnn2C1)N1CCC2(CC1)OCCc1cc(-c3cnccn3)sc12. The van der Waals surface area contributed by atoms with Crippen LogP contribution in [0, 0.1) is 5.92 Å². The average molecular weight is 437 g/mol. The van der Waals surface area contributed by atoms with Gasteiger partial charge >= 0.3 is 0 Å². The summed E-state index contributed by atoms with van der Waals surface area (Å²) in [5, 5.41) is 4.26. The summed E-state index contributed by atoms with van der Waals surface area (Å²) in [6.45, 7) is 2.84. The number of ether oxygens (including phenoxy) is 1. The van der Waals surface area contributed by atoms with Crippen molar-refractivity contribution in [3.63, 3.8) is 0 Å². The summed E-state index contributed by atoms with van der Waals surface area (Å²) >= 11 is 1.78. The topological polar surface area (TPSA) is 86.0 Å². The minimum Gasteiger partial charge on any atom is -0.369 e. The van der Waals surface area contributed by atoms with Gasteiger partial charge in [0, 0.05) is 36.8 Å². The summed E-state index contributed by atoms with van der Waals surface area (Å²) in [5.41, 5.74) is 2.00. The number of hydrogen-bond donors (Lipinski definition) is 0. The van der Waals surface area contributed by atoms with E-state index < -0.39 is 0 Å². The van der Waals surface area contributed by atoms with Crippen LogP contribution in [0.3, 0.4) is 0 Å². The van der Waals surface area contributed by atoms with Crippen LogP contribution in [-0.4, -0.2) is 55.2 Å². The number of fused-ring (bicyclic) bond motifs is 3. The summed E-state index contributed by atoms with van der Waals surface area (Å²) in [7, 11) is 0. The number of aryl methyl sites for hydroxylation is 1. The van der Waals surface area contributed by atoms with E-state index in [1.54, 1.807) is 30.1 Å². The Morgan fingerprint density at radius 1 is 1.19 bits per heavy atom. The molecule has 9 heteroatoms. The Hall–Kier alpha value is -2.65. The Bertz CT molecular complexity index is 1100. The second-order valence-corrected chi connectivity index (χ2v) is 9.62. The van der Waals surface area contributed by atoms with Crippen LogP contribution in [0.25, 0.3) is 10.6 Å². The number of amides is 1. The van der Waals surface area contributed by atoms with Gasteiger partial charge < -0.3 is 9.64 Å². The maximum Gasteiger partial charge on any atom is 0.227 e. The molecular formula is C22H24N6O2S. The van der Waals surface area contributed by atoms with Crippen molar-refractivity contribution in [1.29, 1.82) is 0 Å². The molecule has 6 rings (SSSR count). The lowest BCUT2D eigenvalue weighted by atomic mass is 9.84. The summed E-state index contributed by atoms with van der Waals surface area (Å²) in [4.78, 5) is 30.6. The molecule has 3 aliphatic rings. The zero-order valence-electron chi connectivity index (χ0n) is 17.2. The van der Waals surface area contributed by atoms with Gasteiger partial charge in [0.1, 0.15) is 17.8 Å². The average Bonchev–Trinajstić information content (AvgIpc) is 3.47. The molecule has 3 aromatic rings. The van der Waals surface area contributed by atoms with Crippen LogP contribution in [-0.2, 0) is 34.5 Å². The molecule has 160 valence electrons.